The number of fused-ring (bicyclic) bond motifs is 1. The van der Waals surface area contributed by atoms with Crippen molar-refractivity contribution in [1.82, 2.24) is 36.5 Å². The van der Waals surface area contributed by atoms with Crippen LogP contribution in [0.3, 0.4) is 0 Å². The lowest BCUT2D eigenvalue weighted by Crippen LogP contribution is -2.59. The van der Waals surface area contributed by atoms with Crippen LogP contribution in [0.25, 0.3) is 11.3 Å². The molecule has 3 heterocycles. The van der Waals surface area contributed by atoms with Gasteiger partial charge in [0.25, 0.3) is 0 Å². The van der Waals surface area contributed by atoms with Gasteiger partial charge in [0.05, 0.1) is 6.10 Å². The fourth-order valence-electron chi connectivity index (χ4n) is 7.04. The number of nitrogens with one attached hydrogen (secondary N) is 6. The van der Waals surface area contributed by atoms with E-state index in [1.165, 1.54) is 11.8 Å². The topological polar surface area (TPSA) is 202 Å². The van der Waals surface area contributed by atoms with Crippen LogP contribution in [0.4, 0.5) is 0 Å². The van der Waals surface area contributed by atoms with Crippen LogP contribution in [-0.2, 0) is 41.6 Å². The summed E-state index contributed by atoms with van der Waals surface area (Å²) in [5.41, 5.74) is 3.39. The SMILES string of the molecule is CC(C)C[C@@H]1NC(=O)[C@@H](Cc2ccccc2)NC(=O)[C@@H](NC(=O)CCc2ccc(-c3ccc(Cl)cc3)[nH]2)CCCNC(=O)[C@@H]2C[C@@H](O)CN2C(=O)[C@H](C)NC1=O. The Hall–Kier alpha value is -5.21. The van der Waals surface area contributed by atoms with Crippen molar-refractivity contribution < 1.29 is 33.9 Å². The second-order valence-corrected chi connectivity index (χ2v) is 15.5. The Kier molecular flexibility index (Phi) is 14.7. The summed E-state index contributed by atoms with van der Waals surface area (Å²) < 4.78 is 0. The molecule has 6 atom stereocenters. The zero-order valence-corrected chi connectivity index (χ0v) is 32.7. The van der Waals surface area contributed by atoms with Gasteiger partial charge in [-0.1, -0.05) is 67.9 Å². The molecule has 1 aromatic heterocycles. The van der Waals surface area contributed by atoms with Gasteiger partial charge in [-0.05, 0) is 73.9 Å². The smallest absolute Gasteiger partial charge is 0.245 e. The highest BCUT2D eigenvalue weighted by Gasteiger charge is 2.41. The molecule has 0 unspecified atom stereocenters. The van der Waals surface area contributed by atoms with E-state index in [1.54, 1.807) is 12.1 Å². The normalized spacial score (nSPS) is 24.3. The van der Waals surface area contributed by atoms with Gasteiger partial charge < -0.3 is 41.6 Å². The number of H-pyrrole nitrogens is 1. The van der Waals surface area contributed by atoms with Crippen LogP contribution in [0, 0.1) is 5.92 Å². The van der Waals surface area contributed by atoms with E-state index in [2.05, 4.69) is 31.6 Å². The maximum atomic E-state index is 14.0. The maximum Gasteiger partial charge on any atom is 0.245 e. The summed E-state index contributed by atoms with van der Waals surface area (Å²) in [6.45, 7) is 5.30. The van der Waals surface area contributed by atoms with Crippen molar-refractivity contribution in [3.05, 3.63) is 83.0 Å². The lowest BCUT2D eigenvalue weighted by Gasteiger charge is -2.29. The van der Waals surface area contributed by atoms with Crippen LogP contribution in [0.5, 0.6) is 0 Å². The Morgan fingerprint density at radius 2 is 1.59 bits per heavy atom. The molecule has 0 spiro atoms. The number of rotatable bonds is 9. The Morgan fingerprint density at radius 1 is 0.893 bits per heavy atom. The number of aliphatic hydroxyl groups excluding tert-OH is 1. The number of hydrogen-bond donors (Lipinski definition) is 7. The van der Waals surface area contributed by atoms with E-state index in [-0.39, 0.29) is 63.4 Å². The molecule has 15 heteroatoms. The molecular formula is C41H52ClN7O7. The lowest BCUT2D eigenvalue weighted by molar-refractivity contribution is -0.141. The third kappa shape index (κ3) is 11.7. The van der Waals surface area contributed by atoms with Crippen LogP contribution >= 0.6 is 11.6 Å². The predicted molar refractivity (Wildman–Crippen MR) is 211 cm³/mol. The van der Waals surface area contributed by atoms with Gasteiger partial charge >= 0.3 is 0 Å². The second kappa shape index (κ2) is 19.6. The second-order valence-electron chi connectivity index (χ2n) is 15.0. The summed E-state index contributed by atoms with van der Waals surface area (Å²) in [6, 6.07) is 15.0. The third-order valence-electron chi connectivity index (χ3n) is 9.99. The number of aliphatic hydroxyl groups is 1. The number of amides is 6. The summed E-state index contributed by atoms with van der Waals surface area (Å²) in [6.07, 6.45) is 0.241. The highest BCUT2D eigenvalue weighted by Crippen LogP contribution is 2.22. The van der Waals surface area contributed by atoms with Gasteiger partial charge in [-0.25, -0.2) is 0 Å². The minimum Gasteiger partial charge on any atom is -0.391 e. The highest BCUT2D eigenvalue weighted by molar-refractivity contribution is 6.30. The zero-order chi connectivity index (χ0) is 40.4. The van der Waals surface area contributed by atoms with Gasteiger partial charge in [0.15, 0.2) is 0 Å². The van der Waals surface area contributed by atoms with E-state index in [9.17, 15) is 33.9 Å². The molecule has 2 aromatic carbocycles. The summed E-state index contributed by atoms with van der Waals surface area (Å²) in [7, 11) is 0. The average molecular weight is 790 g/mol. The zero-order valence-electron chi connectivity index (χ0n) is 32.0. The van der Waals surface area contributed by atoms with E-state index in [0.717, 1.165) is 22.5 Å². The fraction of sp³-hybridized carbons (Fsp3) is 0.463. The number of halogens is 1. The fourth-order valence-corrected chi connectivity index (χ4v) is 7.17. The molecule has 0 saturated carbocycles. The standard InChI is InChI=1S/C41H52ClN7O7/c1-24(2)20-33-38(53)44-25(3)41(56)49-23-30(50)22-35(49)40(55)43-19-7-10-32(37(52)48-34(39(54)47-33)21-26-8-5-4-6-9-26)46-36(51)18-16-29-15-17-31(45-29)27-11-13-28(42)14-12-27/h4-6,8-9,11-15,17,24-25,30,32-35,45,50H,7,10,16,18-23H2,1-3H3,(H,43,55)(H,44,53)(H,46,51)(H,47,54)(H,48,52)/t25-,30+,32-,33-,34+,35-/m0/s1. The van der Waals surface area contributed by atoms with E-state index in [4.69, 9.17) is 11.6 Å². The molecule has 2 fully saturated rings. The Bertz CT molecular complexity index is 1850. The first kappa shape index (κ1) is 41.9. The molecule has 0 bridgehead atoms. The van der Waals surface area contributed by atoms with Crippen LogP contribution in [0.1, 0.15) is 64.1 Å². The molecule has 0 radical (unpaired) electrons. The van der Waals surface area contributed by atoms with Gasteiger partial charge in [-0.15, -0.1) is 0 Å². The highest BCUT2D eigenvalue weighted by atomic mass is 35.5. The Balaban J connectivity index is 1.37. The van der Waals surface area contributed by atoms with Crippen molar-refractivity contribution in [1.29, 1.82) is 0 Å². The molecule has 2 aliphatic heterocycles. The van der Waals surface area contributed by atoms with Crippen molar-refractivity contribution in [3.63, 3.8) is 0 Å². The number of aromatic amines is 1. The van der Waals surface area contributed by atoms with Crippen molar-refractivity contribution >= 4 is 47.0 Å². The predicted octanol–water partition coefficient (Wildman–Crippen LogP) is 2.39. The largest absolute Gasteiger partial charge is 0.391 e. The van der Waals surface area contributed by atoms with Crippen LogP contribution < -0.4 is 26.6 Å². The molecule has 5 rings (SSSR count). The molecular weight excluding hydrogens is 738 g/mol. The number of nitrogens with zero attached hydrogens (tertiary/aromatic N) is 1. The van der Waals surface area contributed by atoms with Crippen molar-refractivity contribution in [2.24, 2.45) is 5.92 Å². The number of carbonyl (C=O) groups excluding carboxylic acids is 6. The summed E-state index contributed by atoms with van der Waals surface area (Å²) in [5.74, 6) is -3.24. The van der Waals surface area contributed by atoms with Crippen molar-refractivity contribution in [2.45, 2.75) is 102 Å². The number of hydrogen-bond acceptors (Lipinski definition) is 7. The summed E-state index contributed by atoms with van der Waals surface area (Å²) in [4.78, 5) is 86.5. The van der Waals surface area contributed by atoms with Crippen molar-refractivity contribution in [3.8, 4) is 11.3 Å². The molecule has 3 aromatic rings. The Labute approximate surface area is 331 Å². The van der Waals surface area contributed by atoms with Gasteiger partial charge in [0.1, 0.15) is 30.2 Å². The first-order chi connectivity index (χ1) is 26.8. The Morgan fingerprint density at radius 3 is 2.30 bits per heavy atom. The van der Waals surface area contributed by atoms with Gasteiger partial charge in [0.2, 0.25) is 35.4 Å². The van der Waals surface area contributed by atoms with Gasteiger partial charge in [-0.2, -0.15) is 0 Å². The number of aromatic nitrogens is 1. The van der Waals surface area contributed by atoms with Crippen LogP contribution in [0.15, 0.2) is 66.7 Å². The molecule has 56 heavy (non-hydrogen) atoms. The minimum atomic E-state index is -1.12. The molecule has 14 nitrogen and oxygen atoms in total. The van der Waals surface area contributed by atoms with Crippen LogP contribution in [0.2, 0.25) is 5.02 Å². The lowest BCUT2D eigenvalue weighted by atomic mass is 10.00. The quantitative estimate of drug-likeness (QED) is 0.173. The number of aryl methyl sites for hydroxylation is 1. The minimum absolute atomic E-state index is 0.0240. The van der Waals surface area contributed by atoms with E-state index in [0.29, 0.717) is 11.4 Å². The molecule has 6 amide bonds. The molecule has 7 N–H and O–H groups in total. The van der Waals surface area contributed by atoms with Gasteiger partial charge in [0, 0.05) is 48.8 Å². The first-order valence-corrected chi connectivity index (χ1v) is 19.6. The molecule has 2 saturated heterocycles. The summed E-state index contributed by atoms with van der Waals surface area (Å²) in [5, 5.41) is 25.0. The maximum absolute atomic E-state index is 14.0. The van der Waals surface area contributed by atoms with Gasteiger partial charge in [-0.3, -0.25) is 28.8 Å². The summed E-state index contributed by atoms with van der Waals surface area (Å²) >= 11 is 6.03. The average Bonchev–Trinajstić information content (AvgIpc) is 3.81. The first-order valence-electron chi connectivity index (χ1n) is 19.2. The third-order valence-corrected chi connectivity index (χ3v) is 10.2. The molecule has 2 aliphatic rings. The number of carbonyl (C=O) groups is 6. The van der Waals surface area contributed by atoms with E-state index < -0.39 is 65.8 Å². The molecule has 0 aliphatic carbocycles. The van der Waals surface area contributed by atoms with E-state index >= 15 is 0 Å². The monoisotopic (exact) mass is 789 g/mol. The van der Waals surface area contributed by atoms with E-state index in [1.807, 2.05) is 68.4 Å². The number of benzene rings is 2. The molecule has 300 valence electrons. The van der Waals surface area contributed by atoms with Crippen LogP contribution in [-0.4, -0.2) is 99.8 Å². The van der Waals surface area contributed by atoms with Crippen molar-refractivity contribution in [2.75, 3.05) is 13.1 Å².